The lowest BCUT2D eigenvalue weighted by molar-refractivity contribution is 0.209. The van der Waals surface area contributed by atoms with E-state index >= 15 is 0 Å². The number of anilines is 2. The van der Waals surface area contributed by atoms with Crippen LogP contribution in [0.1, 0.15) is 16.7 Å². The number of nitrogens with one attached hydrogen (secondary N) is 2. The molecule has 4 nitrogen and oxygen atoms in total. The van der Waals surface area contributed by atoms with E-state index in [0.717, 1.165) is 22.8 Å². The molecule has 0 bridgehead atoms. The molecule has 0 atom stereocenters. The number of hydrogen-bond donors (Lipinski definition) is 3. The molecule has 1 amide bonds. The summed E-state index contributed by atoms with van der Waals surface area (Å²) in [7, 11) is 0. The van der Waals surface area contributed by atoms with Crippen molar-refractivity contribution in [3.63, 3.8) is 0 Å². The lowest BCUT2D eigenvalue weighted by atomic mass is 10.0. The summed E-state index contributed by atoms with van der Waals surface area (Å²) in [6.45, 7) is 3.96. The molecular formula is C16H16F2N2O2. The van der Waals surface area contributed by atoms with Crippen LogP contribution in [0.2, 0.25) is 0 Å². The average molecular weight is 306 g/mol. The van der Waals surface area contributed by atoms with Crippen molar-refractivity contribution in [1.29, 1.82) is 0 Å². The fourth-order valence-corrected chi connectivity index (χ4v) is 2.32. The highest BCUT2D eigenvalue weighted by atomic mass is 19.1. The van der Waals surface area contributed by atoms with Crippen molar-refractivity contribution in [1.82, 2.24) is 0 Å². The topological polar surface area (TPSA) is 61.4 Å². The summed E-state index contributed by atoms with van der Waals surface area (Å²) in [4.78, 5) is 10.7. The second kappa shape index (κ2) is 6.43. The molecule has 2 aromatic rings. The fraction of sp³-hybridized carbons (Fsp3) is 0.188. The van der Waals surface area contributed by atoms with Gasteiger partial charge < -0.3 is 10.4 Å². The van der Waals surface area contributed by atoms with Gasteiger partial charge in [0.1, 0.15) is 11.6 Å². The van der Waals surface area contributed by atoms with Gasteiger partial charge >= 0.3 is 6.09 Å². The van der Waals surface area contributed by atoms with E-state index in [9.17, 15) is 13.6 Å². The van der Waals surface area contributed by atoms with E-state index in [1.54, 1.807) is 13.8 Å². The van der Waals surface area contributed by atoms with Crippen LogP contribution in [-0.4, -0.2) is 11.2 Å². The molecule has 116 valence electrons. The number of carboxylic acid groups (broad SMARTS) is 1. The van der Waals surface area contributed by atoms with E-state index < -0.39 is 17.7 Å². The molecule has 0 aromatic heterocycles. The van der Waals surface area contributed by atoms with Crippen molar-refractivity contribution < 1.29 is 18.7 Å². The van der Waals surface area contributed by atoms with Gasteiger partial charge in [0.15, 0.2) is 0 Å². The Kier molecular flexibility index (Phi) is 4.60. The third kappa shape index (κ3) is 3.94. The van der Waals surface area contributed by atoms with Gasteiger partial charge in [-0.15, -0.1) is 0 Å². The number of benzene rings is 2. The average Bonchev–Trinajstić information content (AvgIpc) is 2.39. The molecule has 22 heavy (non-hydrogen) atoms. The van der Waals surface area contributed by atoms with Gasteiger partial charge in [0.25, 0.3) is 0 Å². The summed E-state index contributed by atoms with van der Waals surface area (Å²) < 4.78 is 26.2. The van der Waals surface area contributed by atoms with E-state index in [0.29, 0.717) is 17.9 Å². The maximum Gasteiger partial charge on any atom is 0.409 e. The summed E-state index contributed by atoms with van der Waals surface area (Å²) in [6.07, 6.45) is -1.12. The van der Waals surface area contributed by atoms with E-state index in [1.807, 2.05) is 12.1 Å². The first-order valence-corrected chi connectivity index (χ1v) is 6.65. The van der Waals surface area contributed by atoms with E-state index in [-0.39, 0.29) is 0 Å². The monoisotopic (exact) mass is 306 g/mol. The lowest BCUT2D eigenvalue weighted by Gasteiger charge is -2.13. The van der Waals surface area contributed by atoms with Gasteiger partial charge in [-0.1, -0.05) is 12.1 Å². The molecule has 0 aliphatic carbocycles. The van der Waals surface area contributed by atoms with Crippen LogP contribution in [0.3, 0.4) is 0 Å². The van der Waals surface area contributed by atoms with Crippen LogP contribution in [0.4, 0.5) is 25.0 Å². The van der Waals surface area contributed by atoms with Crippen LogP contribution in [-0.2, 0) is 6.54 Å². The second-order valence-electron chi connectivity index (χ2n) is 5.05. The maximum absolute atomic E-state index is 13.1. The minimum atomic E-state index is -1.12. The van der Waals surface area contributed by atoms with Crippen LogP contribution >= 0.6 is 0 Å². The van der Waals surface area contributed by atoms with Gasteiger partial charge in [0.2, 0.25) is 0 Å². The third-order valence-corrected chi connectivity index (χ3v) is 3.18. The molecular weight excluding hydrogens is 290 g/mol. The number of rotatable bonds is 4. The minimum absolute atomic E-state index is 0.348. The van der Waals surface area contributed by atoms with E-state index in [1.165, 1.54) is 12.1 Å². The molecule has 0 saturated carbocycles. The largest absolute Gasteiger partial charge is 0.465 e. The summed E-state index contributed by atoms with van der Waals surface area (Å²) >= 11 is 0. The Bertz CT molecular complexity index is 674. The highest BCUT2D eigenvalue weighted by Gasteiger charge is 2.08. The smallest absolute Gasteiger partial charge is 0.409 e. The normalized spacial score (nSPS) is 10.4. The van der Waals surface area contributed by atoms with Crippen LogP contribution < -0.4 is 10.6 Å². The number of halogens is 2. The molecule has 0 aliphatic heterocycles. The quantitative estimate of drug-likeness (QED) is 0.790. The predicted molar refractivity (Wildman–Crippen MR) is 81.2 cm³/mol. The summed E-state index contributed by atoms with van der Waals surface area (Å²) in [6, 6.07) is 6.87. The van der Waals surface area contributed by atoms with Crippen LogP contribution in [0, 0.1) is 25.5 Å². The molecule has 0 unspecified atom stereocenters. The Morgan fingerprint density at radius 2 is 1.59 bits per heavy atom. The fourth-order valence-electron chi connectivity index (χ4n) is 2.32. The Morgan fingerprint density at radius 1 is 1.05 bits per heavy atom. The standard InChI is InChI=1S/C16H16F2N2O2/c1-9-3-11(4-10(2)15(9)20-16(21)22)8-19-14-6-12(17)5-13(18)7-14/h3-7,19-20H,8H2,1-2H3,(H,21,22). The second-order valence-corrected chi connectivity index (χ2v) is 5.05. The zero-order chi connectivity index (χ0) is 16.3. The van der Waals surface area contributed by atoms with Crippen molar-refractivity contribution in [3.05, 3.63) is 58.7 Å². The van der Waals surface area contributed by atoms with Gasteiger partial charge in [-0.2, -0.15) is 0 Å². The third-order valence-electron chi connectivity index (χ3n) is 3.18. The zero-order valence-electron chi connectivity index (χ0n) is 12.2. The van der Waals surface area contributed by atoms with Gasteiger partial charge in [0, 0.05) is 24.0 Å². The number of amides is 1. The van der Waals surface area contributed by atoms with Crippen LogP contribution in [0.15, 0.2) is 30.3 Å². The molecule has 3 N–H and O–H groups in total. The maximum atomic E-state index is 13.1. The van der Waals surface area contributed by atoms with Gasteiger partial charge in [0.05, 0.1) is 0 Å². The number of carbonyl (C=O) groups is 1. The predicted octanol–water partition coefficient (Wildman–Crippen LogP) is 4.28. The molecule has 6 heteroatoms. The first-order valence-electron chi connectivity index (χ1n) is 6.65. The minimum Gasteiger partial charge on any atom is -0.465 e. The molecule has 0 fully saturated rings. The summed E-state index contributed by atoms with van der Waals surface area (Å²) in [5.41, 5.74) is 3.35. The highest BCUT2D eigenvalue weighted by Crippen LogP contribution is 2.23. The Morgan fingerprint density at radius 3 is 2.09 bits per heavy atom. The zero-order valence-corrected chi connectivity index (χ0v) is 12.2. The first kappa shape index (κ1) is 15.8. The van der Waals surface area contributed by atoms with Crippen molar-refractivity contribution >= 4 is 17.5 Å². The van der Waals surface area contributed by atoms with Gasteiger partial charge in [-0.05, 0) is 42.7 Å². The van der Waals surface area contributed by atoms with Gasteiger partial charge in [-0.3, -0.25) is 5.32 Å². The van der Waals surface area contributed by atoms with Crippen molar-refractivity contribution in [2.75, 3.05) is 10.6 Å². The SMILES string of the molecule is Cc1cc(CNc2cc(F)cc(F)c2)cc(C)c1NC(=O)O. The van der Waals surface area contributed by atoms with E-state index in [2.05, 4.69) is 10.6 Å². The van der Waals surface area contributed by atoms with Crippen LogP contribution in [0.25, 0.3) is 0 Å². The number of aryl methyl sites for hydroxylation is 2. The molecule has 2 rings (SSSR count). The molecule has 0 radical (unpaired) electrons. The Hall–Kier alpha value is -2.63. The van der Waals surface area contributed by atoms with Gasteiger partial charge in [-0.25, -0.2) is 13.6 Å². The molecule has 0 saturated heterocycles. The summed E-state index contributed by atoms with van der Waals surface area (Å²) in [5.74, 6) is -1.29. The molecule has 0 aliphatic rings. The van der Waals surface area contributed by atoms with Crippen LogP contribution in [0.5, 0.6) is 0 Å². The first-order chi connectivity index (χ1) is 10.3. The highest BCUT2D eigenvalue weighted by molar-refractivity contribution is 5.85. The Labute approximate surface area is 126 Å². The van der Waals surface area contributed by atoms with Crippen molar-refractivity contribution in [2.24, 2.45) is 0 Å². The number of hydrogen-bond acceptors (Lipinski definition) is 2. The molecule has 0 heterocycles. The van der Waals surface area contributed by atoms with E-state index in [4.69, 9.17) is 5.11 Å². The lowest BCUT2D eigenvalue weighted by Crippen LogP contribution is -2.11. The van der Waals surface area contributed by atoms with Crippen molar-refractivity contribution in [3.8, 4) is 0 Å². The Balaban J connectivity index is 2.15. The molecule has 2 aromatic carbocycles. The van der Waals surface area contributed by atoms with Crippen molar-refractivity contribution in [2.45, 2.75) is 20.4 Å². The summed E-state index contributed by atoms with van der Waals surface area (Å²) in [5, 5.41) is 14.1. The molecule has 0 spiro atoms.